The van der Waals surface area contributed by atoms with E-state index in [0.717, 1.165) is 44.9 Å². The smallest absolute Gasteiger partial charge is 0.306 e. The van der Waals surface area contributed by atoms with Crippen molar-refractivity contribution in [2.75, 3.05) is 72.7 Å². The third kappa shape index (κ3) is 37.5. The molecule has 0 aromatic heterocycles. The molecule has 2 unspecified atom stereocenters. The van der Waals surface area contributed by atoms with Crippen LogP contribution in [0.5, 0.6) is 0 Å². The normalized spacial score (nSPS) is 37.2. The summed E-state index contributed by atoms with van der Waals surface area (Å²) in [6.45, 7) is 0.135. The minimum Gasteiger partial charge on any atom is -0.457 e. The monoisotopic (exact) mass is 1900 g/mol. The lowest BCUT2D eigenvalue weighted by atomic mass is 9.91. The number of esters is 2. The van der Waals surface area contributed by atoms with Crippen molar-refractivity contribution in [3.8, 4) is 0 Å². The molecule has 132 heavy (non-hydrogen) atoms. The van der Waals surface area contributed by atoms with Crippen LogP contribution in [-0.4, -0.2) is 417 Å². The molecule has 23 N–H and O–H groups in total. The highest BCUT2D eigenvalue weighted by Crippen LogP contribution is 2.36. The number of aliphatic hydroxyl groups excluding tert-OH is 23. The molecule has 7 aliphatic heterocycles. The molecular weight excluding hydrogens is 1750 g/mol. The van der Waals surface area contributed by atoms with Crippen molar-refractivity contribution in [1.29, 1.82) is 0 Å². The highest BCUT2D eigenvalue weighted by Gasteiger charge is 2.56. The number of allylic oxidation sites excluding steroid dienone is 16. The summed E-state index contributed by atoms with van der Waals surface area (Å²) in [6, 6.07) is 0. The summed E-state index contributed by atoms with van der Waals surface area (Å²) in [6.07, 6.45) is -6.27. The van der Waals surface area contributed by atoms with Crippen molar-refractivity contribution in [1.82, 2.24) is 0 Å². The molecule has 41 heteroatoms. The Bertz CT molecular complexity index is 3230. The SMILES string of the molecule is C.CCCCC/C=C\C/C=C\C/C=C\C/C=C\CCCC(=O)OC(CO[C@@H]1O[C@H](CO)[C@@H](O)[C@H](O)[C@H]1O)CO[C@@H]1O[C@H](CO)[C@@H](O)[C@H](O[C@@H]2O[C@H](CO)[C@@H](C)[C@H](O)[C@H]2O)[C@H]1O.CCCCC/C=C\C/C=C\C/C=C\C/C=C\CCCC(=O)OC(CO[C@@H]1O[C@H](CO)[C@@H](O)[C@H](O[C@@H]2O[C@H](CO)[C@@H](O)[C@H](O)[C@H]2O)[C@H]1O)CO[C@@H]1O[C@H](CO)[C@@H](O)[C@H](O[C@@H]2O[C@H](CO)[C@@H](C)[C@H](O)[C@H]2O)[C@H]1O. The summed E-state index contributed by atoms with van der Waals surface area (Å²) >= 11 is 0. The maximum atomic E-state index is 13.3. The minimum atomic E-state index is -1.93. The molecule has 0 aliphatic carbocycles. The fourth-order valence-electron chi connectivity index (χ4n) is 15.1. The maximum absolute atomic E-state index is 13.3. The number of unbranched alkanes of at least 4 members (excludes halogenated alkanes) is 8. The van der Waals surface area contributed by atoms with Crippen LogP contribution in [0.15, 0.2) is 97.2 Å². The second-order valence-electron chi connectivity index (χ2n) is 33.5. The lowest BCUT2D eigenvalue weighted by Crippen LogP contribution is -2.65. The van der Waals surface area contributed by atoms with Crippen LogP contribution in [0.2, 0.25) is 0 Å². The first-order chi connectivity index (χ1) is 63.0. The Morgan fingerprint density at radius 1 is 0.265 bits per heavy atom. The van der Waals surface area contributed by atoms with Gasteiger partial charge in [-0.2, -0.15) is 0 Å². The first kappa shape index (κ1) is 118. The standard InChI is InChI=1S/C48H80O23.C42H70O18.CH4/c1-3-4-5-6-7-8-9-10-11-12-13-14-15-16-17-18-19-20-33(53)65-28(25-63-45-41(61)43(36(56)31(23-51)67-45)70-47-39(59)34(54)27(2)29(21-49)66-47)26-64-46-42(62)44(37(57)32(24-52)68-46)71-48-40(60)38(58)35(55)30(22-50)69-48;1-3-4-5-6-7-8-9-10-11-12-13-14-15-16-17-18-19-20-31(46)56-27(24-54-40-37(52)35(50)33(48)29(22-44)58-40)25-55-41-38(53)39(34(49)30(23-45)59-41)60-42-36(51)32(47)26(2)28(21-43)57-42;/h7-8,10-11,13-14,16-17,27-32,34-52,54-62H,3-6,9,12,15,18-26H2,1-2H3;7-8,10-11,13-14,16-17,26-30,32-45,47-53H,3-6,9,12,15,18-25H2,1-2H3;1H4/b2*8-7-,11-10-,14-13-,17-16-;/t27-,28?,29-,30-,31-,32-,34+,35-,36-,37-,38+,39-,40-,41-,42-,43+,44+,45-,46-,47+,48+;26-,27?,28-,29-,30-,32+,33-,34-,35+,36-,37-,38-,39+,40-,41-,42+;/m11./s1. The fraction of sp³-hybridized carbons (Fsp3) is 0.802. The Morgan fingerprint density at radius 2 is 0.485 bits per heavy atom. The third-order valence-electron chi connectivity index (χ3n) is 23.3. The predicted molar refractivity (Wildman–Crippen MR) is 466 cm³/mol. The van der Waals surface area contributed by atoms with E-state index < -0.39 is 311 Å². The zero-order valence-electron chi connectivity index (χ0n) is 75.2. The van der Waals surface area contributed by atoms with Crippen molar-refractivity contribution in [2.24, 2.45) is 11.8 Å². The average Bonchev–Trinajstić information content (AvgIpc) is 0.795. The Hall–Kier alpha value is -4.62. The Labute approximate surface area is 771 Å². The summed E-state index contributed by atoms with van der Waals surface area (Å²) in [5.74, 6) is -2.77. The molecule has 7 saturated heterocycles. The molecule has 0 amide bonds. The molecule has 0 radical (unpaired) electrons. The molecule has 0 saturated carbocycles. The molecule has 41 nitrogen and oxygen atoms in total. The van der Waals surface area contributed by atoms with Crippen LogP contribution >= 0.6 is 0 Å². The summed E-state index contributed by atoms with van der Waals surface area (Å²) in [7, 11) is 0. The van der Waals surface area contributed by atoms with E-state index in [1.165, 1.54) is 45.4 Å². The van der Waals surface area contributed by atoms with Crippen LogP contribution in [0, 0.1) is 11.8 Å². The predicted octanol–water partition coefficient (Wildman–Crippen LogP) is -1.99. The molecular formula is C91H154O41. The molecule has 0 spiro atoms. The largest absolute Gasteiger partial charge is 0.457 e. The molecule has 0 aromatic carbocycles. The molecule has 0 aromatic rings. The molecule has 7 aliphatic rings. The van der Waals surface area contributed by atoms with Gasteiger partial charge in [0.05, 0.1) is 97.1 Å². The van der Waals surface area contributed by atoms with E-state index in [2.05, 4.69) is 80.7 Å². The van der Waals surface area contributed by atoms with Crippen LogP contribution in [0.1, 0.15) is 164 Å². The second-order valence-corrected chi connectivity index (χ2v) is 33.5. The van der Waals surface area contributed by atoms with Gasteiger partial charge in [-0.3, -0.25) is 9.59 Å². The van der Waals surface area contributed by atoms with E-state index >= 15 is 0 Å². The highest BCUT2D eigenvalue weighted by atomic mass is 16.8. The van der Waals surface area contributed by atoms with Gasteiger partial charge in [-0.1, -0.05) is 158 Å². The third-order valence-corrected chi connectivity index (χ3v) is 23.3. The van der Waals surface area contributed by atoms with Gasteiger partial charge in [0.25, 0.3) is 0 Å². The zero-order chi connectivity index (χ0) is 96.1. The summed E-state index contributed by atoms with van der Waals surface area (Å²) in [4.78, 5) is 26.2. The topological polar surface area (TPSA) is 647 Å². The highest BCUT2D eigenvalue weighted by molar-refractivity contribution is 5.70. The molecule has 0 bridgehead atoms. The number of rotatable bonds is 55. The van der Waals surface area contributed by atoms with Crippen molar-refractivity contribution in [3.05, 3.63) is 97.2 Å². The van der Waals surface area contributed by atoms with E-state index in [9.17, 15) is 127 Å². The number of hydrogen-bond donors (Lipinski definition) is 23. The number of aliphatic hydroxyl groups is 23. The van der Waals surface area contributed by atoms with E-state index in [-0.39, 0.29) is 20.3 Å². The number of carbonyl (C=O) groups excluding carboxylic acids is 2. The Balaban J connectivity index is 0.000000470. The number of carbonyl (C=O) groups is 2. The molecule has 37 atom stereocenters. The van der Waals surface area contributed by atoms with Crippen molar-refractivity contribution < 1.29 is 203 Å². The van der Waals surface area contributed by atoms with Crippen LogP contribution in [0.3, 0.4) is 0 Å². The maximum Gasteiger partial charge on any atom is 0.306 e. The second kappa shape index (κ2) is 64.6. The fourth-order valence-corrected chi connectivity index (χ4v) is 15.1. The van der Waals surface area contributed by atoms with Gasteiger partial charge in [-0.05, 0) is 89.9 Å². The first-order valence-corrected chi connectivity index (χ1v) is 45.7. The lowest BCUT2D eigenvalue weighted by molar-refractivity contribution is -0.363. The first-order valence-electron chi connectivity index (χ1n) is 45.7. The van der Waals surface area contributed by atoms with Crippen LogP contribution in [-0.2, 0) is 85.4 Å². The van der Waals surface area contributed by atoms with Gasteiger partial charge < -0.3 is 193 Å². The lowest BCUT2D eigenvalue weighted by Gasteiger charge is -2.46. The van der Waals surface area contributed by atoms with Gasteiger partial charge in [0.15, 0.2) is 44.0 Å². The van der Waals surface area contributed by atoms with Crippen molar-refractivity contribution in [2.45, 2.75) is 378 Å². The molecule has 7 heterocycles. The van der Waals surface area contributed by atoms with E-state index in [4.69, 9.17) is 75.8 Å². The van der Waals surface area contributed by atoms with Crippen LogP contribution in [0.4, 0.5) is 0 Å². The summed E-state index contributed by atoms with van der Waals surface area (Å²) < 4.78 is 90.2. The van der Waals surface area contributed by atoms with Crippen molar-refractivity contribution >= 4 is 11.9 Å². The minimum absolute atomic E-state index is 0. The van der Waals surface area contributed by atoms with Crippen LogP contribution in [0.25, 0.3) is 0 Å². The average molecular weight is 1900 g/mol. The molecule has 7 rings (SSSR count). The van der Waals surface area contributed by atoms with Gasteiger partial charge in [0.2, 0.25) is 0 Å². The summed E-state index contributed by atoms with van der Waals surface area (Å²) in [5, 5.41) is 240. The van der Waals surface area contributed by atoms with E-state index in [1.54, 1.807) is 6.92 Å². The van der Waals surface area contributed by atoms with Gasteiger partial charge in [0, 0.05) is 24.7 Å². The van der Waals surface area contributed by atoms with Gasteiger partial charge in [-0.25, -0.2) is 0 Å². The van der Waals surface area contributed by atoms with E-state index in [0.29, 0.717) is 32.1 Å². The molecule has 764 valence electrons. The Morgan fingerprint density at radius 3 is 0.750 bits per heavy atom. The van der Waals surface area contributed by atoms with Gasteiger partial charge >= 0.3 is 11.9 Å². The van der Waals surface area contributed by atoms with Gasteiger partial charge in [-0.15, -0.1) is 0 Å². The quantitative estimate of drug-likeness (QED) is 0.0178. The van der Waals surface area contributed by atoms with Crippen molar-refractivity contribution in [3.63, 3.8) is 0 Å². The van der Waals surface area contributed by atoms with Gasteiger partial charge in [0.1, 0.15) is 146 Å². The van der Waals surface area contributed by atoms with Crippen LogP contribution < -0.4 is 0 Å². The summed E-state index contributed by atoms with van der Waals surface area (Å²) in [5.41, 5.74) is 0. The molecule has 7 fully saturated rings. The number of ether oxygens (including phenoxy) is 16. The number of hydrogen-bond acceptors (Lipinski definition) is 41. The zero-order valence-corrected chi connectivity index (χ0v) is 75.2. The van der Waals surface area contributed by atoms with E-state index in [1.807, 2.05) is 30.4 Å². The Kier molecular flexibility index (Phi) is 57.7.